The summed E-state index contributed by atoms with van der Waals surface area (Å²) >= 11 is 0. The van der Waals surface area contributed by atoms with Crippen molar-refractivity contribution in [2.24, 2.45) is 0 Å². The van der Waals surface area contributed by atoms with Crippen LogP contribution in [0.1, 0.15) is 16.7 Å². The summed E-state index contributed by atoms with van der Waals surface area (Å²) < 4.78 is 0. The third-order valence-corrected chi connectivity index (χ3v) is 3.47. The molecule has 24 heavy (non-hydrogen) atoms. The zero-order valence-corrected chi connectivity index (χ0v) is 13.3. The minimum atomic E-state index is 0.881. The van der Waals surface area contributed by atoms with Crippen molar-refractivity contribution < 1.29 is 0 Å². The van der Waals surface area contributed by atoms with Gasteiger partial charge in [-0.2, -0.15) is 0 Å². The van der Waals surface area contributed by atoms with Crippen LogP contribution in [-0.4, -0.2) is 0 Å². The first-order valence-electron chi connectivity index (χ1n) is 7.89. The Hall–Kier alpha value is -3.04. The van der Waals surface area contributed by atoms with Gasteiger partial charge in [-0.05, 0) is 35.8 Å². The number of hydrogen-bond donors (Lipinski definition) is 0. The van der Waals surface area contributed by atoms with Gasteiger partial charge in [0.15, 0.2) is 0 Å². The molecule has 0 N–H and O–H groups in total. The highest BCUT2D eigenvalue weighted by atomic mass is 14.0. The highest BCUT2D eigenvalue weighted by Crippen LogP contribution is 2.15. The summed E-state index contributed by atoms with van der Waals surface area (Å²) in [7, 11) is 0. The number of allylic oxidation sites excluding steroid dienone is 2. The molecule has 0 unspecified atom stereocenters. The van der Waals surface area contributed by atoms with Crippen LogP contribution in [0.25, 0.3) is 5.57 Å². The molecule has 0 aliphatic heterocycles. The molecule has 0 saturated carbocycles. The number of rotatable bonds is 4. The van der Waals surface area contributed by atoms with Crippen LogP contribution in [0.4, 0.5) is 0 Å². The summed E-state index contributed by atoms with van der Waals surface area (Å²) in [6, 6.07) is 30.3. The van der Waals surface area contributed by atoms with Crippen LogP contribution in [0.2, 0.25) is 0 Å². The maximum atomic E-state index is 3.32. The molecule has 0 amide bonds. The van der Waals surface area contributed by atoms with E-state index in [1.165, 1.54) is 0 Å². The van der Waals surface area contributed by atoms with Crippen LogP contribution in [0.5, 0.6) is 0 Å². The second-order valence-electron chi connectivity index (χ2n) is 5.25. The summed E-state index contributed by atoms with van der Waals surface area (Å²) in [5.74, 6) is 6.45. The lowest BCUT2D eigenvalue weighted by Gasteiger charge is -2.01. The van der Waals surface area contributed by atoms with Gasteiger partial charge in [-0.25, -0.2) is 0 Å². The summed E-state index contributed by atoms with van der Waals surface area (Å²) in [6.45, 7) is 0. The Balaban J connectivity index is 1.80. The third kappa shape index (κ3) is 4.73. The third-order valence-electron chi connectivity index (χ3n) is 3.47. The van der Waals surface area contributed by atoms with E-state index in [0.717, 1.165) is 22.3 Å². The lowest BCUT2D eigenvalue weighted by atomic mass is 10.0. The average molecular weight is 305 g/mol. The minimum absolute atomic E-state index is 0.881. The van der Waals surface area contributed by atoms with Crippen molar-refractivity contribution in [2.75, 3.05) is 0 Å². The lowest BCUT2D eigenvalue weighted by Crippen LogP contribution is -1.85. The van der Waals surface area contributed by atoms with E-state index in [4.69, 9.17) is 0 Å². The van der Waals surface area contributed by atoms with Crippen molar-refractivity contribution in [1.82, 2.24) is 0 Å². The Morgan fingerprint density at radius 2 is 1.25 bits per heavy atom. The van der Waals surface area contributed by atoms with Gasteiger partial charge in [-0.1, -0.05) is 90.7 Å². The maximum absolute atomic E-state index is 3.32. The molecule has 0 heteroatoms. The Kier molecular flexibility index (Phi) is 5.65. The average Bonchev–Trinajstić information content (AvgIpc) is 2.67. The van der Waals surface area contributed by atoms with E-state index in [1.807, 2.05) is 79.6 Å². The van der Waals surface area contributed by atoms with Gasteiger partial charge < -0.3 is 0 Å². The molecule has 3 radical (unpaired) electrons. The molecule has 3 rings (SSSR count). The van der Waals surface area contributed by atoms with Gasteiger partial charge >= 0.3 is 0 Å². The largest absolute Gasteiger partial charge is 0.0622 e. The topological polar surface area (TPSA) is 0 Å². The Labute approximate surface area is 144 Å². The number of benzene rings is 3. The van der Waals surface area contributed by atoms with Crippen molar-refractivity contribution in [1.29, 1.82) is 0 Å². The van der Waals surface area contributed by atoms with Gasteiger partial charge in [0.1, 0.15) is 0 Å². The molecule has 0 aliphatic carbocycles. The van der Waals surface area contributed by atoms with E-state index in [2.05, 4.69) is 42.2 Å². The van der Waals surface area contributed by atoms with E-state index >= 15 is 0 Å². The second kappa shape index (κ2) is 8.56. The molecule has 0 aromatic heterocycles. The van der Waals surface area contributed by atoms with Gasteiger partial charge in [0.2, 0.25) is 0 Å². The lowest BCUT2D eigenvalue weighted by molar-refractivity contribution is 1.44. The van der Waals surface area contributed by atoms with Crippen molar-refractivity contribution in [3.05, 3.63) is 127 Å². The molecular formula is C24H17. The van der Waals surface area contributed by atoms with Crippen LogP contribution >= 0.6 is 0 Å². The van der Waals surface area contributed by atoms with Crippen LogP contribution in [0.15, 0.2) is 91.0 Å². The van der Waals surface area contributed by atoms with Gasteiger partial charge in [-0.3, -0.25) is 0 Å². The first-order valence-corrected chi connectivity index (χ1v) is 7.89. The van der Waals surface area contributed by atoms with Crippen molar-refractivity contribution in [3.8, 4) is 11.8 Å². The van der Waals surface area contributed by atoms with Crippen LogP contribution < -0.4 is 0 Å². The first kappa shape index (κ1) is 15.8. The normalized spacial score (nSPS) is 10.8. The zero-order chi connectivity index (χ0) is 16.5. The van der Waals surface area contributed by atoms with Crippen molar-refractivity contribution in [3.63, 3.8) is 0 Å². The summed E-state index contributed by atoms with van der Waals surface area (Å²) in [5, 5.41) is 0. The van der Waals surface area contributed by atoms with E-state index in [-0.39, 0.29) is 0 Å². The molecule has 0 bridgehead atoms. The van der Waals surface area contributed by atoms with E-state index < -0.39 is 0 Å². The number of hydrogen-bond acceptors (Lipinski definition) is 0. The molecule has 0 nitrogen and oxygen atoms in total. The van der Waals surface area contributed by atoms with E-state index in [1.54, 1.807) is 0 Å². The Morgan fingerprint density at radius 1 is 0.667 bits per heavy atom. The molecule has 113 valence electrons. The highest BCUT2D eigenvalue weighted by molar-refractivity contribution is 5.78. The first-order chi connectivity index (χ1) is 11.9. The summed E-state index contributed by atoms with van der Waals surface area (Å²) in [5.41, 5.74) is 4.10. The molecule has 3 aromatic carbocycles. The standard InChI is InChI=1S/C24H17/c1-4-11-21(12-5-1)15-10-18-24(23-16-8-3-9-17-23)20-19-22-13-6-2-7-14-22/h1-17H. The van der Waals surface area contributed by atoms with E-state index in [0.29, 0.717) is 0 Å². The molecule has 3 aromatic rings. The Morgan fingerprint density at radius 3 is 1.92 bits per heavy atom. The van der Waals surface area contributed by atoms with Crippen LogP contribution in [0.3, 0.4) is 0 Å². The second-order valence-corrected chi connectivity index (χ2v) is 5.25. The van der Waals surface area contributed by atoms with Gasteiger partial charge in [0.25, 0.3) is 0 Å². The van der Waals surface area contributed by atoms with Gasteiger partial charge in [-0.15, -0.1) is 0 Å². The fourth-order valence-electron chi connectivity index (χ4n) is 2.24. The minimum Gasteiger partial charge on any atom is -0.0622 e. The van der Waals surface area contributed by atoms with Crippen molar-refractivity contribution in [2.45, 2.75) is 0 Å². The SMILES string of the molecule is [C]([CH][CH]c1ccccc1)=C(C#Cc1ccccc1)c1ccccc1. The maximum Gasteiger partial charge on any atom is 0.0360 e. The molecule has 0 heterocycles. The molecule has 0 spiro atoms. The van der Waals surface area contributed by atoms with Gasteiger partial charge in [0, 0.05) is 17.6 Å². The molecule has 0 saturated heterocycles. The van der Waals surface area contributed by atoms with Crippen LogP contribution in [-0.2, 0) is 0 Å². The summed E-state index contributed by atoms with van der Waals surface area (Å²) in [4.78, 5) is 0. The summed E-state index contributed by atoms with van der Waals surface area (Å²) in [6.07, 6.45) is 7.28. The fraction of sp³-hybridized carbons (Fsp3) is 0. The molecule has 0 aliphatic rings. The fourth-order valence-corrected chi connectivity index (χ4v) is 2.24. The monoisotopic (exact) mass is 305 g/mol. The molecule has 0 atom stereocenters. The van der Waals surface area contributed by atoms with Crippen molar-refractivity contribution >= 4 is 5.57 Å². The predicted molar refractivity (Wildman–Crippen MR) is 101 cm³/mol. The predicted octanol–water partition coefficient (Wildman–Crippen LogP) is 5.38. The van der Waals surface area contributed by atoms with Crippen LogP contribution in [0, 0.1) is 30.8 Å². The highest BCUT2D eigenvalue weighted by Gasteiger charge is 1.99. The molecule has 0 fully saturated rings. The Bertz CT molecular complexity index is 832. The smallest absolute Gasteiger partial charge is 0.0360 e. The quantitative estimate of drug-likeness (QED) is 0.568. The van der Waals surface area contributed by atoms with Gasteiger partial charge in [0.05, 0.1) is 0 Å². The zero-order valence-electron chi connectivity index (χ0n) is 13.3. The molecular weight excluding hydrogens is 288 g/mol. The van der Waals surface area contributed by atoms with E-state index in [9.17, 15) is 0 Å².